The second-order valence-corrected chi connectivity index (χ2v) is 10.1. The summed E-state index contributed by atoms with van der Waals surface area (Å²) in [6.07, 6.45) is 2.11. The molecule has 0 spiro atoms. The van der Waals surface area contributed by atoms with Crippen LogP contribution >= 0.6 is 0 Å². The topological polar surface area (TPSA) is 123 Å². The lowest BCUT2D eigenvalue weighted by atomic mass is 10.0. The van der Waals surface area contributed by atoms with Crippen LogP contribution in [0.15, 0.2) is 42.6 Å². The van der Waals surface area contributed by atoms with Gasteiger partial charge >= 0.3 is 0 Å². The molecule has 1 aromatic carbocycles. The maximum absolute atomic E-state index is 14.6. The number of aliphatic hydroxyl groups excluding tert-OH is 1. The predicted octanol–water partition coefficient (Wildman–Crippen LogP) is 3.33. The number of Topliss-reactive ketones (excluding diaryl/α,β-unsaturated/α-hetero) is 1. The smallest absolute Gasteiger partial charge is 0.185 e. The molecule has 0 aliphatic carbocycles. The normalized spacial score (nSPS) is 17.2. The zero-order valence-corrected chi connectivity index (χ0v) is 22.5. The fourth-order valence-electron chi connectivity index (χ4n) is 5.35. The van der Waals surface area contributed by atoms with E-state index in [0.29, 0.717) is 29.9 Å². The number of carbonyl (C=O) groups is 1. The quantitative estimate of drug-likeness (QED) is 0.350. The van der Waals surface area contributed by atoms with Crippen LogP contribution in [0.25, 0.3) is 22.6 Å². The fourth-order valence-corrected chi connectivity index (χ4v) is 5.35. The molecule has 5 rings (SSSR count). The Kier molecular flexibility index (Phi) is 7.24. The molecule has 0 bridgehead atoms. The summed E-state index contributed by atoms with van der Waals surface area (Å²) in [7, 11) is 1.89. The Bertz CT molecular complexity index is 1530. The molecule has 2 atom stereocenters. The number of pyridine rings is 1. The Morgan fingerprint density at radius 2 is 1.92 bits per heavy atom. The van der Waals surface area contributed by atoms with E-state index in [-0.39, 0.29) is 48.0 Å². The molecule has 3 N–H and O–H groups in total. The first-order valence-corrected chi connectivity index (χ1v) is 12.9. The van der Waals surface area contributed by atoms with Crippen molar-refractivity contribution in [3.8, 4) is 22.6 Å². The lowest BCUT2D eigenvalue weighted by Gasteiger charge is -2.27. The van der Waals surface area contributed by atoms with Crippen LogP contribution in [-0.2, 0) is 13.5 Å². The summed E-state index contributed by atoms with van der Waals surface area (Å²) >= 11 is 0. The Labute approximate surface area is 226 Å². The van der Waals surface area contributed by atoms with E-state index in [1.807, 2.05) is 42.6 Å². The summed E-state index contributed by atoms with van der Waals surface area (Å²) in [5.41, 5.74) is 11.6. The van der Waals surface area contributed by atoms with Gasteiger partial charge in [-0.05, 0) is 51.0 Å². The van der Waals surface area contributed by atoms with Crippen molar-refractivity contribution in [2.24, 2.45) is 12.8 Å². The minimum Gasteiger partial charge on any atom is -0.394 e. The monoisotopic (exact) mass is 529 g/mol. The average molecular weight is 530 g/mol. The molecule has 4 aromatic rings. The first kappa shape index (κ1) is 26.6. The molecule has 202 valence electrons. The van der Waals surface area contributed by atoms with Gasteiger partial charge in [0.2, 0.25) is 0 Å². The van der Waals surface area contributed by atoms with Gasteiger partial charge in [0, 0.05) is 49.1 Å². The summed E-state index contributed by atoms with van der Waals surface area (Å²) in [6, 6.07) is 9.75. The van der Waals surface area contributed by atoms with Crippen LogP contribution in [0.1, 0.15) is 39.4 Å². The average Bonchev–Trinajstić information content (AvgIpc) is 3.41. The minimum atomic E-state index is -0.442. The number of anilines is 1. The molecular weight excluding hydrogens is 497 g/mol. The van der Waals surface area contributed by atoms with Crippen LogP contribution < -0.4 is 10.6 Å². The molecule has 1 aliphatic rings. The summed E-state index contributed by atoms with van der Waals surface area (Å²) in [6.45, 7) is 6.14. The van der Waals surface area contributed by atoms with E-state index in [9.17, 15) is 14.3 Å². The van der Waals surface area contributed by atoms with E-state index in [4.69, 9.17) is 10.7 Å². The number of halogens is 1. The van der Waals surface area contributed by atoms with Crippen LogP contribution in [0.3, 0.4) is 0 Å². The molecule has 3 aromatic heterocycles. The van der Waals surface area contributed by atoms with E-state index in [2.05, 4.69) is 15.1 Å². The molecular formula is C29H32FN7O2. The number of nitrogens with two attached hydrogens (primary N) is 1. The summed E-state index contributed by atoms with van der Waals surface area (Å²) in [5.74, 6) is 0.0811. The van der Waals surface area contributed by atoms with Gasteiger partial charge in [-0.15, -0.1) is 0 Å². The van der Waals surface area contributed by atoms with Crippen molar-refractivity contribution in [3.05, 3.63) is 76.6 Å². The van der Waals surface area contributed by atoms with Crippen molar-refractivity contribution in [2.75, 3.05) is 18.1 Å². The van der Waals surface area contributed by atoms with Crippen molar-refractivity contribution in [1.82, 2.24) is 24.7 Å². The third-order valence-electron chi connectivity index (χ3n) is 7.39. The first-order valence-electron chi connectivity index (χ1n) is 12.9. The van der Waals surface area contributed by atoms with Gasteiger partial charge in [0.1, 0.15) is 17.3 Å². The number of benzene rings is 1. The first-order chi connectivity index (χ1) is 18.7. The molecule has 0 saturated carbocycles. The van der Waals surface area contributed by atoms with E-state index in [1.165, 1.54) is 18.3 Å². The highest BCUT2D eigenvalue weighted by Gasteiger charge is 2.33. The molecule has 0 radical (unpaired) electrons. The zero-order chi connectivity index (χ0) is 27.8. The van der Waals surface area contributed by atoms with Gasteiger partial charge in [-0.1, -0.05) is 18.2 Å². The number of nitrogens with zero attached hydrogens (tertiary/aromatic N) is 6. The number of aryl methyl sites for hydroxylation is 3. The van der Waals surface area contributed by atoms with Crippen molar-refractivity contribution in [2.45, 2.75) is 45.7 Å². The number of carbonyl (C=O) groups excluding carboxylic acids is 1. The third kappa shape index (κ3) is 5.05. The zero-order valence-electron chi connectivity index (χ0n) is 22.5. The lowest BCUT2D eigenvalue weighted by Crippen LogP contribution is -2.34. The number of ketones is 1. The molecule has 4 heterocycles. The van der Waals surface area contributed by atoms with Crippen LogP contribution in [0.5, 0.6) is 0 Å². The molecule has 1 aliphatic heterocycles. The number of aromatic nitrogens is 5. The van der Waals surface area contributed by atoms with E-state index >= 15 is 0 Å². The highest BCUT2D eigenvalue weighted by Crippen LogP contribution is 2.33. The standard InChI is InChI=1S/C29H32FN7O2/c1-16-6-5-7-22(30)26(16)28-32-11-10-23(33-28)25(39)12-19-8-9-24(27-17(2)35-36(4)18(27)3)34-29(19)37-14-20(31)13-21(37)15-38/h5-11,20-21,38H,12-15,31H2,1-4H3/t20-,21-/m0/s1. The molecule has 9 nitrogen and oxygen atoms in total. The van der Waals surface area contributed by atoms with Gasteiger partial charge in [-0.25, -0.2) is 19.3 Å². The van der Waals surface area contributed by atoms with Crippen molar-refractivity contribution >= 4 is 11.6 Å². The fraction of sp³-hybridized carbons (Fsp3) is 0.345. The maximum atomic E-state index is 14.6. The predicted molar refractivity (Wildman–Crippen MR) is 147 cm³/mol. The van der Waals surface area contributed by atoms with Gasteiger partial charge in [0.05, 0.1) is 29.6 Å². The van der Waals surface area contributed by atoms with E-state index < -0.39 is 5.82 Å². The molecule has 1 fully saturated rings. The Hall–Kier alpha value is -4.02. The Morgan fingerprint density at radius 3 is 2.62 bits per heavy atom. The third-order valence-corrected chi connectivity index (χ3v) is 7.39. The van der Waals surface area contributed by atoms with E-state index in [0.717, 1.165) is 22.6 Å². The van der Waals surface area contributed by atoms with Gasteiger partial charge in [-0.3, -0.25) is 9.48 Å². The second-order valence-electron chi connectivity index (χ2n) is 10.1. The SMILES string of the molecule is Cc1cccc(F)c1-c1nccc(C(=O)Cc2ccc(-c3c(C)nn(C)c3C)nc2N2C[C@@H](N)C[C@H]2CO)n1. The molecule has 0 unspecified atom stereocenters. The number of rotatable bonds is 7. The largest absolute Gasteiger partial charge is 0.394 e. The molecule has 39 heavy (non-hydrogen) atoms. The van der Waals surface area contributed by atoms with Crippen molar-refractivity contribution in [3.63, 3.8) is 0 Å². The van der Waals surface area contributed by atoms with Crippen LogP contribution in [-0.4, -0.2) is 60.9 Å². The van der Waals surface area contributed by atoms with Gasteiger partial charge in [0.15, 0.2) is 11.6 Å². The lowest BCUT2D eigenvalue weighted by molar-refractivity contribution is 0.0988. The number of hydrogen-bond acceptors (Lipinski definition) is 8. The second kappa shape index (κ2) is 10.6. The minimum absolute atomic E-state index is 0.0181. The number of hydrogen-bond donors (Lipinski definition) is 2. The van der Waals surface area contributed by atoms with Crippen LogP contribution in [0.2, 0.25) is 0 Å². The van der Waals surface area contributed by atoms with Crippen LogP contribution in [0, 0.1) is 26.6 Å². The highest BCUT2D eigenvalue weighted by atomic mass is 19.1. The van der Waals surface area contributed by atoms with Crippen LogP contribution in [0.4, 0.5) is 10.2 Å². The van der Waals surface area contributed by atoms with Gasteiger partial charge in [-0.2, -0.15) is 5.10 Å². The van der Waals surface area contributed by atoms with E-state index in [1.54, 1.807) is 19.1 Å². The molecule has 10 heteroatoms. The van der Waals surface area contributed by atoms with Gasteiger partial charge < -0.3 is 15.7 Å². The molecule has 1 saturated heterocycles. The van der Waals surface area contributed by atoms with Gasteiger partial charge in [0.25, 0.3) is 0 Å². The Morgan fingerprint density at radius 1 is 1.13 bits per heavy atom. The summed E-state index contributed by atoms with van der Waals surface area (Å²) in [5, 5.41) is 14.6. The molecule has 0 amide bonds. The Balaban J connectivity index is 1.54. The van der Waals surface area contributed by atoms with Crippen molar-refractivity contribution < 1.29 is 14.3 Å². The summed E-state index contributed by atoms with van der Waals surface area (Å²) in [4.78, 5) is 29.1. The number of aliphatic hydroxyl groups is 1. The summed E-state index contributed by atoms with van der Waals surface area (Å²) < 4.78 is 16.4. The van der Waals surface area contributed by atoms with Crippen molar-refractivity contribution in [1.29, 1.82) is 0 Å². The highest BCUT2D eigenvalue weighted by molar-refractivity contribution is 5.96. The maximum Gasteiger partial charge on any atom is 0.185 e.